The van der Waals surface area contributed by atoms with E-state index in [4.69, 9.17) is 5.53 Å². The highest BCUT2D eigenvalue weighted by molar-refractivity contribution is 5.21. The van der Waals surface area contributed by atoms with Crippen LogP contribution in [0.4, 0.5) is 8.78 Å². The van der Waals surface area contributed by atoms with Gasteiger partial charge in [-0.2, -0.15) is 0 Å². The molecule has 0 unspecified atom stereocenters. The molecule has 6 heteroatoms. The highest BCUT2D eigenvalue weighted by Crippen LogP contribution is 2.18. The molecule has 14 heavy (non-hydrogen) atoms. The number of hydrogen-bond acceptors (Lipinski definition) is 2. The Morgan fingerprint density at radius 1 is 1.50 bits per heavy atom. The Kier molecular flexibility index (Phi) is 3.39. The predicted octanol–water partition coefficient (Wildman–Crippen LogP) is 2.31. The van der Waals surface area contributed by atoms with Crippen LogP contribution >= 0.6 is 0 Å². The molecule has 1 aromatic carbocycles. The second kappa shape index (κ2) is 4.55. The molecule has 1 aromatic rings. The van der Waals surface area contributed by atoms with Gasteiger partial charge in [0, 0.05) is 16.5 Å². The number of nitrogens with zero attached hydrogens (tertiary/aromatic N) is 3. The van der Waals surface area contributed by atoms with Gasteiger partial charge in [0.2, 0.25) is 0 Å². The zero-order valence-corrected chi connectivity index (χ0v) is 7.06. The Morgan fingerprint density at radius 3 is 2.79 bits per heavy atom. The summed E-state index contributed by atoms with van der Waals surface area (Å²) in [5.74, 6) is -1.58. The molecule has 0 aliphatic heterocycles. The highest BCUT2D eigenvalue weighted by Gasteiger charge is 2.12. The molecular weight excluding hydrogens is 192 g/mol. The zero-order valence-electron chi connectivity index (χ0n) is 7.06. The fourth-order valence-corrected chi connectivity index (χ4v) is 0.984. The largest absolute Gasteiger partial charge is 0.388 e. The van der Waals surface area contributed by atoms with Gasteiger partial charge in [0.15, 0.2) is 0 Å². The van der Waals surface area contributed by atoms with Crippen molar-refractivity contribution in [3.05, 3.63) is 45.8 Å². The van der Waals surface area contributed by atoms with Crippen LogP contribution in [0.15, 0.2) is 23.3 Å². The van der Waals surface area contributed by atoms with Crippen molar-refractivity contribution in [2.45, 2.75) is 6.10 Å². The smallest absolute Gasteiger partial charge is 0.131 e. The summed E-state index contributed by atoms with van der Waals surface area (Å²) >= 11 is 0. The molecule has 0 aromatic heterocycles. The molecule has 0 radical (unpaired) electrons. The van der Waals surface area contributed by atoms with Crippen LogP contribution in [0.5, 0.6) is 0 Å². The minimum Gasteiger partial charge on any atom is -0.388 e. The summed E-state index contributed by atoms with van der Waals surface area (Å²) in [7, 11) is 0. The summed E-state index contributed by atoms with van der Waals surface area (Å²) in [6.45, 7) is -0.279. The van der Waals surface area contributed by atoms with Crippen LogP contribution in [0.25, 0.3) is 10.4 Å². The third-order valence-electron chi connectivity index (χ3n) is 1.64. The summed E-state index contributed by atoms with van der Waals surface area (Å²) in [6.07, 6.45) is -1.24. The first-order chi connectivity index (χ1) is 6.65. The summed E-state index contributed by atoms with van der Waals surface area (Å²) in [6, 6.07) is 2.80. The van der Waals surface area contributed by atoms with Crippen molar-refractivity contribution in [3.63, 3.8) is 0 Å². The fraction of sp³-hybridized carbons (Fsp3) is 0.250. The number of aliphatic hydroxyl groups excluding tert-OH is 1. The normalized spacial score (nSPS) is 11.9. The SMILES string of the molecule is [N-]=[N+]=NC[C@H](O)c1ccc(F)cc1F. The minimum absolute atomic E-state index is 0.0844. The first-order valence-corrected chi connectivity index (χ1v) is 3.79. The lowest BCUT2D eigenvalue weighted by molar-refractivity contribution is 0.181. The van der Waals surface area contributed by atoms with Gasteiger partial charge in [-0.25, -0.2) is 8.78 Å². The van der Waals surface area contributed by atoms with Gasteiger partial charge in [-0.1, -0.05) is 11.2 Å². The molecule has 4 nitrogen and oxygen atoms in total. The molecule has 1 rings (SSSR count). The van der Waals surface area contributed by atoms with Gasteiger partial charge in [0.1, 0.15) is 11.6 Å². The lowest BCUT2D eigenvalue weighted by Crippen LogP contribution is -2.03. The molecule has 0 amide bonds. The molecule has 0 aliphatic carbocycles. The van der Waals surface area contributed by atoms with Crippen LogP contribution in [0.1, 0.15) is 11.7 Å². The monoisotopic (exact) mass is 199 g/mol. The van der Waals surface area contributed by atoms with E-state index >= 15 is 0 Å². The number of benzene rings is 1. The number of halogens is 2. The third-order valence-corrected chi connectivity index (χ3v) is 1.64. The van der Waals surface area contributed by atoms with Crippen molar-refractivity contribution >= 4 is 0 Å². The van der Waals surface area contributed by atoms with E-state index in [-0.39, 0.29) is 12.1 Å². The van der Waals surface area contributed by atoms with Gasteiger partial charge in [-0.15, -0.1) is 0 Å². The average molecular weight is 199 g/mol. The Hall–Kier alpha value is -1.65. The predicted molar refractivity (Wildman–Crippen MR) is 45.3 cm³/mol. The van der Waals surface area contributed by atoms with Gasteiger partial charge in [0.25, 0.3) is 0 Å². The number of aliphatic hydroxyl groups is 1. The van der Waals surface area contributed by atoms with Crippen LogP contribution in [0, 0.1) is 11.6 Å². The maximum absolute atomic E-state index is 13.0. The van der Waals surface area contributed by atoms with Crippen LogP contribution < -0.4 is 0 Å². The summed E-state index contributed by atoms with van der Waals surface area (Å²) in [5.41, 5.74) is 7.88. The van der Waals surface area contributed by atoms with Gasteiger partial charge < -0.3 is 5.11 Å². The molecule has 0 heterocycles. The summed E-state index contributed by atoms with van der Waals surface area (Å²) < 4.78 is 25.5. The molecule has 1 N–H and O–H groups in total. The second-order valence-corrected chi connectivity index (χ2v) is 2.60. The van der Waals surface area contributed by atoms with Crippen molar-refractivity contribution in [3.8, 4) is 0 Å². The number of azide groups is 1. The van der Waals surface area contributed by atoms with E-state index < -0.39 is 17.7 Å². The van der Waals surface area contributed by atoms with E-state index in [2.05, 4.69) is 10.0 Å². The zero-order chi connectivity index (χ0) is 10.6. The van der Waals surface area contributed by atoms with Crippen molar-refractivity contribution in [1.29, 1.82) is 0 Å². The maximum atomic E-state index is 13.0. The van der Waals surface area contributed by atoms with Gasteiger partial charge in [-0.3, -0.25) is 0 Å². The van der Waals surface area contributed by atoms with Crippen LogP contribution in [0.2, 0.25) is 0 Å². The van der Waals surface area contributed by atoms with Crippen LogP contribution in [-0.4, -0.2) is 11.7 Å². The van der Waals surface area contributed by atoms with Gasteiger partial charge >= 0.3 is 0 Å². The van der Waals surface area contributed by atoms with E-state index in [1.807, 2.05) is 0 Å². The fourth-order valence-electron chi connectivity index (χ4n) is 0.984. The van der Waals surface area contributed by atoms with Crippen molar-refractivity contribution in [2.75, 3.05) is 6.54 Å². The first-order valence-electron chi connectivity index (χ1n) is 3.79. The summed E-state index contributed by atoms with van der Waals surface area (Å²) in [5, 5.41) is 12.4. The van der Waals surface area contributed by atoms with E-state index in [0.29, 0.717) is 6.07 Å². The van der Waals surface area contributed by atoms with Crippen LogP contribution in [0.3, 0.4) is 0 Å². The average Bonchev–Trinajstić information content (AvgIpc) is 2.14. The molecular formula is C8H7F2N3O. The Bertz CT molecular complexity index is 377. The summed E-state index contributed by atoms with van der Waals surface area (Å²) in [4.78, 5) is 2.42. The molecule has 0 bridgehead atoms. The lowest BCUT2D eigenvalue weighted by Gasteiger charge is -2.08. The Labute approximate surface area is 78.4 Å². The molecule has 0 saturated heterocycles. The Morgan fingerprint density at radius 2 is 2.21 bits per heavy atom. The standard InChI is InChI=1S/C8H7F2N3O/c9-5-1-2-6(7(10)3-5)8(14)4-12-13-11/h1-3,8,14H,4H2/t8-/m0/s1. The van der Waals surface area contributed by atoms with Gasteiger partial charge in [-0.05, 0) is 11.6 Å². The topological polar surface area (TPSA) is 69.0 Å². The molecule has 74 valence electrons. The van der Waals surface area contributed by atoms with Crippen molar-refractivity contribution in [1.82, 2.24) is 0 Å². The van der Waals surface area contributed by atoms with E-state index in [9.17, 15) is 13.9 Å². The molecule has 0 fully saturated rings. The number of rotatable bonds is 3. The second-order valence-electron chi connectivity index (χ2n) is 2.60. The van der Waals surface area contributed by atoms with E-state index in [1.54, 1.807) is 0 Å². The first kappa shape index (κ1) is 10.4. The molecule has 0 spiro atoms. The molecule has 0 saturated carbocycles. The lowest BCUT2D eigenvalue weighted by atomic mass is 10.1. The number of hydrogen-bond donors (Lipinski definition) is 1. The quantitative estimate of drug-likeness (QED) is 0.453. The van der Waals surface area contributed by atoms with Crippen LogP contribution in [-0.2, 0) is 0 Å². The third kappa shape index (κ3) is 2.42. The Balaban J connectivity index is 2.89. The van der Waals surface area contributed by atoms with E-state index in [0.717, 1.165) is 12.1 Å². The van der Waals surface area contributed by atoms with E-state index in [1.165, 1.54) is 0 Å². The maximum Gasteiger partial charge on any atom is 0.131 e. The highest BCUT2D eigenvalue weighted by atomic mass is 19.1. The van der Waals surface area contributed by atoms with Crippen molar-refractivity contribution < 1.29 is 13.9 Å². The van der Waals surface area contributed by atoms with Gasteiger partial charge in [0.05, 0.1) is 12.6 Å². The molecule has 1 atom stereocenters. The minimum atomic E-state index is -1.24. The molecule has 0 aliphatic rings. The van der Waals surface area contributed by atoms with Crippen molar-refractivity contribution in [2.24, 2.45) is 5.11 Å².